The molecule has 1 aliphatic heterocycles. The van der Waals surface area contributed by atoms with Gasteiger partial charge in [0, 0.05) is 25.5 Å². The topological polar surface area (TPSA) is 46.3 Å². The van der Waals surface area contributed by atoms with E-state index in [0.29, 0.717) is 5.92 Å². The first-order valence-corrected chi connectivity index (χ1v) is 5.83. The highest BCUT2D eigenvalue weighted by atomic mass is 16.5. The number of carbonyl (C=O) groups is 1. The molecule has 1 fully saturated rings. The standard InChI is InChI=1S/C12H18N2O2/c1-8(2)12-7-10(13-16-12)11-5-4-6-14(11)9(3)15/h7-8,11H,4-6H2,1-3H3. The molecule has 2 rings (SSSR count). The van der Waals surface area contributed by atoms with Crippen molar-refractivity contribution in [2.45, 2.75) is 45.6 Å². The third kappa shape index (κ3) is 1.96. The van der Waals surface area contributed by atoms with E-state index < -0.39 is 0 Å². The summed E-state index contributed by atoms with van der Waals surface area (Å²) in [4.78, 5) is 13.3. The Kier molecular flexibility index (Phi) is 2.99. The van der Waals surface area contributed by atoms with E-state index in [1.807, 2.05) is 11.0 Å². The van der Waals surface area contributed by atoms with Crippen molar-refractivity contribution >= 4 is 5.91 Å². The fourth-order valence-electron chi connectivity index (χ4n) is 2.18. The van der Waals surface area contributed by atoms with Gasteiger partial charge in [-0.3, -0.25) is 4.79 Å². The van der Waals surface area contributed by atoms with Crippen LogP contribution in [-0.4, -0.2) is 22.5 Å². The molecule has 1 aliphatic rings. The highest BCUT2D eigenvalue weighted by Gasteiger charge is 2.30. The third-order valence-electron chi connectivity index (χ3n) is 3.11. The van der Waals surface area contributed by atoms with Gasteiger partial charge in [0.1, 0.15) is 11.5 Å². The van der Waals surface area contributed by atoms with Gasteiger partial charge in [-0.25, -0.2) is 0 Å². The maximum atomic E-state index is 11.4. The molecule has 1 aromatic heterocycles. The van der Waals surface area contributed by atoms with Gasteiger partial charge in [-0.2, -0.15) is 0 Å². The van der Waals surface area contributed by atoms with E-state index in [2.05, 4.69) is 19.0 Å². The Bertz CT molecular complexity index is 384. The zero-order valence-electron chi connectivity index (χ0n) is 10.1. The molecule has 16 heavy (non-hydrogen) atoms. The van der Waals surface area contributed by atoms with Gasteiger partial charge in [-0.15, -0.1) is 0 Å². The summed E-state index contributed by atoms with van der Waals surface area (Å²) >= 11 is 0. The first-order chi connectivity index (χ1) is 7.59. The van der Waals surface area contributed by atoms with Gasteiger partial charge < -0.3 is 9.42 Å². The number of hydrogen-bond acceptors (Lipinski definition) is 3. The van der Waals surface area contributed by atoms with Crippen LogP contribution in [0.2, 0.25) is 0 Å². The highest BCUT2D eigenvalue weighted by Crippen LogP contribution is 2.32. The first-order valence-electron chi connectivity index (χ1n) is 5.83. The molecule has 1 saturated heterocycles. The van der Waals surface area contributed by atoms with Crippen LogP contribution in [0.3, 0.4) is 0 Å². The average Bonchev–Trinajstić information content (AvgIpc) is 2.86. The minimum Gasteiger partial charge on any atom is -0.361 e. The zero-order chi connectivity index (χ0) is 11.7. The molecule has 4 heteroatoms. The van der Waals surface area contributed by atoms with Crippen LogP contribution in [0.15, 0.2) is 10.6 Å². The molecule has 0 saturated carbocycles. The predicted octanol–water partition coefficient (Wildman–Crippen LogP) is 2.48. The molecule has 4 nitrogen and oxygen atoms in total. The molecule has 88 valence electrons. The summed E-state index contributed by atoms with van der Waals surface area (Å²) in [7, 11) is 0. The smallest absolute Gasteiger partial charge is 0.220 e. The molecular formula is C12H18N2O2. The fraction of sp³-hybridized carbons (Fsp3) is 0.667. The van der Waals surface area contributed by atoms with Crippen molar-refractivity contribution in [2.75, 3.05) is 6.54 Å². The van der Waals surface area contributed by atoms with Crippen LogP contribution < -0.4 is 0 Å². The molecule has 2 heterocycles. The molecular weight excluding hydrogens is 204 g/mol. The van der Waals surface area contributed by atoms with Crippen molar-refractivity contribution in [2.24, 2.45) is 0 Å². The monoisotopic (exact) mass is 222 g/mol. The molecule has 1 unspecified atom stereocenters. The number of carbonyl (C=O) groups excluding carboxylic acids is 1. The number of aromatic nitrogens is 1. The van der Waals surface area contributed by atoms with Gasteiger partial charge in [-0.05, 0) is 12.8 Å². The second-order valence-corrected chi connectivity index (χ2v) is 4.68. The number of nitrogens with zero attached hydrogens (tertiary/aromatic N) is 2. The number of amides is 1. The predicted molar refractivity (Wildman–Crippen MR) is 60.0 cm³/mol. The quantitative estimate of drug-likeness (QED) is 0.772. The molecule has 0 aliphatic carbocycles. The molecule has 1 atom stereocenters. The van der Waals surface area contributed by atoms with E-state index in [1.54, 1.807) is 6.92 Å². The Morgan fingerprint density at radius 3 is 2.94 bits per heavy atom. The van der Waals surface area contributed by atoms with Crippen molar-refractivity contribution < 1.29 is 9.32 Å². The van der Waals surface area contributed by atoms with Gasteiger partial charge in [0.25, 0.3) is 0 Å². The van der Waals surface area contributed by atoms with E-state index in [0.717, 1.165) is 30.8 Å². The Morgan fingerprint density at radius 1 is 1.62 bits per heavy atom. The Morgan fingerprint density at radius 2 is 2.38 bits per heavy atom. The Hall–Kier alpha value is -1.32. The molecule has 0 bridgehead atoms. The number of rotatable bonds is 2. The molecule has 0 radical (unpaired) electrons. The Balaban J connectivity index is 2.19. The lowest BCUT2D eigenvalue weighted by Crippen LogP contribution is -2.28. The van der Waals surface area contributed by atoms with Crippen LogP contribution in [0, 0.1) is 0 Å². The maximum absolute atomic E-state index is 11.4. The van der Waals surface area contributed by atoms with Crippen LogP contribution in [-0.2, 0) is 4.79 Å². The second-order valence-electron chi connectivity index (χ2n) is 4.68. The minimum atomic E-state index is 0.119. The summed E-state index contributed by atoms with van der Waals surface area (Å²) in [6.45, 7) is 6.59. The van der Waals surface area contributed by atoms with Gasteiger partial charge in [0.2, 0.25) is 5.91 Å². The summed E-state index contributed by atoms with van der Waals surface area (Å²) < 4.78 is 5.28. The third-order valence-corrected chi connectivity index (χ3v) is 3.11. The minimum absolute atomic E-state index is 0.119. The lowest BCUT2D eigenvalue weighted by Gasteiger charge is -2.20. The van der Waals surface area contributed by atoms with Crippen molar-refractivity contribution in [1.29, 1.82) is 0 Å². The van der Waals surface area contributed by atoms with E-state index in [4.69, 9.17) is 4.52 Å². The molecule has 0 spiro atoms. The lowest BCUT2D eigenvalue weighted by molar-refractivity contribution is -0.129. The van der Waals surface area contributed by atoms with Gasteiger partial charge in [-0.1, -0.05) is 19.0 Å². The summed E-state index contributed by atoms with van der Waals surface area (Å²) in [6.07, 6.45) is 2.04. The zero-order valence-corrected chi connectivity index (χ0v) is 10.1. The number of likely N-dealkylation sites (tertiary alicyclic amines) is 1. The summed E-state index contributed by atoms with van der Waals surface area (Å²) in [5, 5.41) is 4.08. The maximum Gasteiger partial charge on any atom is 0.220 e. The lowest BCUT2D eigenvalue weighted by atomic mass is 10.1. The van der Waals surface area contributed by atoms with Crippen LogP contribution >= 0.6 is 0 Å². The molecule has 1 amide bonds. The van der Waals surface area contributed by atoms with Crippen LogP contribution in [0.5, 0.6) is 0 Å². The average molecular weight is 222 g/mol. The molecule has 0 aromatic carbocycles. The van der Waals surface area contributed by atoms with E-state index in [9.17, 15) is 4.79 Å². The first kappa shape index (κ1) is 11.2. The normalized spacial score (nSPS) is 20.8. The van der Waals surface area contributed by atoms with Crippen LogP contribution in [0.4, 0.5) is 0 Å². The van der Waals surface area contributed by atoms with Crippen molar-refractivity contribution in [3.63, 3.8) is 0 Å². The summed E-state index contributed by atoms with van der Waals surface area (Å²) in [5.74, 6) is 1.36. The summed E-state index contributed by atoms with van der Waals surface area (Å²) in [5.41, 5.74) is 0.899. The largest absolute Gasteiger partial charge is 0.361 e. The van der Waals surface area contributed by atoms with Crippen molar-refractivity contribution in [3.05, 3.63) is 17.5 Å². The second kappa shape index (κ2) is 4.28. The fourth-order valence-corrected chi connectivity index (χ4v) is 2.18. The molecule has 1 aromatic rings. The van der Waals surface area contributed by atoms with Crippen molar-refractivity contribution in [3.8, 4) is 0 Å². The van der Waals surface area contributed by atoms with Crippen molar-refractivity contribution in [1.82, 2.24) is 10.1 Å². The highest BCUT2D eigenvalue weighted by molar-refractivity contribution is 5.74. The Labute approximate surface area is 95.6 Å². The number of hydrogen-bond donors (Lipinski definition) is 0. The van der Waals surface area contributed by atoms with Gasteiger partial charge in [0.15, 0.2) is 0 Å². The van der Waals surface area contributed by atoms with E-state index >= 15 is 0 Å². The van der Waals surface area contributed by atoms with Gasteiger partial charge in [0.05, 0.1) is 6.04 Å². The SMILES string of the molecule is CC(=O)N1CCCC1c1cc(C(C)C)on1. The van der Waals surface area contributed by atoms with E-state index in [1.165, 1.54) is 0 Å². The summed E-state index contributed by atoms with van der Waals surface area (Å²) in [6, 6.07) is 2.10. The van der Waals surface area contributed by atoms with Gasteiger partial charge >= 0.3 is 0 Å². The van der Waals surface area contributed by atoms with Crippen LogP contribution in [0.25, 0.3) is 0 Å². The molecule has 0 N–H and O–H groups in total. The van der Waals surface area contributed by atoms with Crippen LogP contribution in [0.1, 0.15) is 57.0 Å². The van der Waals surface area contributed by atoms with E-state index in [-0.39, 0.29) is 11.9 Å².